The minimum absolute atomic E-state index is 0.0229. The summed E-state index contributed by atoms with van der Waals surface area (Å²) in [4.78, 5) is 23.2. The molecule has 1 N–H and O–H groups in total. The number of fused-ring (bicyclic) bond motifs is 1. The fourth-order valence-electron chi connectivity index (χ4n) is 2.01. The Hall–Kier alpha value is -1.55. The number of amides is 1. The van der Waals surface area contributed by atoms with Crippen molar-refractivity contribution < 1.29 is 14.3 Å². The smallest absolute Gasteiger partial charge is 0.262 e. The van der Waals surface area contributed by atoms with E-state index in [1.54, 1.807) is 12.1 Å². The largest absolute Gasteiger partial charge is 0.482 e. The Balaban J connectivity index is 1.90. The summed E-state index contributed by atoms with van der Waals surface area (Å²) in [5, 5.41) is 3.03. The first-order valence-electron chi connectivity index (χ1n) is 5.93. The second-order valence-corrected chi connectivity index (χ2v) is 5.14. The number of benzene rings is 1. The molecule has 0 bridgehead atoms. The zero-order valence-corrected chi connectivity index (χ0v) is 10.4. The minimum atomic E-state index is -0.212. The molecule has 18 heavy (non-hydrogen) atoms. The second kappa shape index (κ2) is 4.28. The van der Waals surface area contributed by atoms with E-state index < -0.39 is 0 Å². The van der Waals surface area contributed by atoms with E-state index in [1.807, 2.05) is 0 Å². The normalized spacial score (nSPS) is 17.7. The maximum atomic E-state index is 12.0. The Kier molecular flexibility index (Phi) is 2.74. The molecule has 1 heterocycles. The highest BCUT2D eigenvalue weighted by Crippen LogP contribution is 2.37. The summed E-state index contributed by atoms with van der Waals surface area (Å²) in [7, 11) is 0. The van der Waals surface area contributed by atoms with Crippen molar-refractivity contribution in [3.8, 4) is 5.75 Å². The van der Waals surface area contributed by atoms with Gasteiger partial charge in [-0.25, -0.2) is 0 Å². The highest BCUT2D eigenvalue weighted by Gasteiger charge is 2.27. The van der Waals surface area contributed by atoms with Crippen LogP contribution in [0, 0.1) is 5.92 Å². The van der Waals surface area contributed by atoms with Gasteiger partial charge in [-0.15, -0.1) is 0 Å². The van der Waals surface area contributed by atoms with Crippen LogP contribution in [0.3, 0.4) is 0 Å². The quantitative estimate of drug-likeness (QED) is 0.855. The van der Waals surface area contributed by atoms with Gasteiger partial charge in [0, 0.05) is 12.0 Å². The number of ether oxygens (including phenoxy) is 1. The lowest BCUT2D eigenvalue weighted by Gasteiger charge is -2.19. The topological polar surface area (TPSA) is 55.4 Å². The summed E-state index contributed by atoms with van der Waals surface area (Å²) < 4.78 is 5.28. The molecule has 94 valence electrons. The Morgan fingerprint density at radius 3 is 2.94 bits per heavy atom. The van der Waals surface area contributed by atoms with Crippen molar-refractivity contribution in [1.82, 2.24) is 0 Å². The molecule has 0 saturated heterocycles. The lowest BCUT2D eigenvalue weighted by Crippen LogP contribution is -2.25. The molecule has 1 saturated carbocycles. The van der Waals surface area contributed by atoms with Gasteiger partial charge in [0.05, 0.1) is 10.7 Å². The first-order chi connectivity index (χ1) is 8.63. The maximum absolute atomic E-state index is 12.0. The molecule has 0 radical (unpaired) electrons. The molecule has 1 amide bonds. The first kappa shape index (κ1) is 11.5. The molecule has 0 atom stereocenters. The van der Waals surface area contributed by atoms with Crippen LogP contribution < -0.4 is 10.1 Å². The molecule has 5 heteroatoms. The number of hydrogen-bond acceptors (Lipinski definition) is 3. The van der Waals surface area contributed by atoms with Gasteiger partial charge in [0.25, 0.3) is 5.91 Å². The van der Waals surface area contributed by atoms with E-state index in [9.17, 15) is 9.59 Å². The monoisotopic (exact) mass is 265 g/mol. The van der Waals surface area contributed by atoms with E-state index in [2.05, 4.69) is 5.32 Å². The summed E-state index contributed by atoms with van der Waals surface area (Å²) in [5.74, 6) is 0.866. The van der Waals surface area contributed by atoms with Crippen molar-refractivity contribution in [2.24, 2.45) is 5.92 Å². The Labute approximate surface area is 109 Å². The van der Waals surface area contributed by atoms with Gasteiger partial charge in [-0.1, -0.05) is 11.6 Å². The van der Waals surface area contributed by atoms with E-state index in [-0.39, 0.29) is 18.3 Å². The SMILES string of the molecule is O=C1COc2cc(C(=O)CC3CC3)c(Cl)cc2N1. The molecule has 1 aliphatic carbocycles. The van der Waals surface area contributed by atoms with Crippen LogP contribution in [0.15, 0.2) is 12.1 Å². The highest BCUT2D eigenvalue weighted by atomic mass is 35.5. The molecular formula is C13H12ClNO3. The van der Waals surface area contributed by atoms with Crippen molar-refractivity contribution in [3.63, 3.8) is 0 Å². The third kappa shape index (κ3) is 2.20. The van der Waals surface area contributed by atoms with E-state index in [1.165, 1.54) is 0 Å². The Morgan fingerprint density at radius 2 is 2.22 bits per heavy atom. The van der Waals surface area contributed by atoms with Crippen molar-refractivity contribution in [2.75, 3.05) is 11.9 Å². The van der Waals surface area contributed by atoms with E-state index in [0.717, 1.165) is 12.8 Å². The van der Waals surface area contributed by atoms with Crippen LogP contribution in [-0.2, 0) is 4.79 Å². The standard InChI is InChI=1S/C13H12ClNO3/c14-9-5-10-12(18-6-13(17)15-10)4-8(9)11(16)3-7-1-2-7/h4-5,7H,1-3,6H2,(H,15,17). The molecule has 3 rings (SSSR count). The van der Waals surface area contributed by atoms with Gasteiger partial charge < -0.3 is 10.1 Å². The third-order valence-electron chi connectivity index (χ3n) is 3.17. The summed E-state index contributed by atoms with van der Waals surface area (Å²) in [6.07, 6.45) is 2.80. The first-order valence-corrected chi connectivity index (χ1v) is 6.30. The zero-order chi connectivity index (χ0) is 12.7. The molecule has 1 aliphatic heterocycles. The van der Waals surface area contributed by atoms with Gasteiger partial charge in [-0.3, -0.25) is 9.59 Å². The van der Waals surface area contributed by atoms with Gasteiger partial charge >= 0.3 is 0 Å². The van der Waals surface area contributed by atoms with Crippen LogP contribution in [0.25, 0.3) is 0 Å². The lowest BCUT2D eigenvalue weighted by molar-refractivity contribution is -0.118. The van der Waals surface area contributed by atoms with Gasteiger partial charge in [-0.2, -0.15) is 0 Å². The fourth-order valence-corrected chi connectivity index (χ4v) is 2.28. The molecular weight excluding hydrogens is 254 g/mol. The average Bonchev–Trinajstić information content (AvgIpc) is 3.11. The average molecular weight is 266 g/mol. The van der Waals surface area contributed by atoms with Gasteiger partial charge in [0.2, 0.25) is 0 Å². The number of nitrogens with one attached hydrogen (secondary N) is 1. The molecule has 0 spiro atoms. The summed E-state index contributed by atoms with van der Waals surface area (Å²) in [6, 6.07) is 3.20. The van der Waals surface area contributed by atoms with Gasteiger partial charge in [0.15, 0.2) is 12.4 Å². The van der Waals surface area contributed by atoms with Crippen LogP contribution in [0.5, 0.6) is 5.75 Å². The predicted molar refractivity (Wildman–Crippen MR) is 67.2 cm³/mol. The molecule has 1 aromatic rings. The van der Waals surface area contributed by atoms with Crippen LogP contribution in [0.2, 0.25) is 5.02 Å². The Bertz CT molecular complexity index is 537. The van der Waals surface area contributed by atoms with Crippen LogP contribution in [0.4, 0.5) is 5.69 Å². The number of Topliss-reactive ketones (excluding diaryl/α,β-unsaturated/α-hetero) is 1. The molecule has 0 unspecified atom stereocenters. The lowest BCUT2D eigenvalue weighted by atomic mass is 10.0. The number of carbonyl (C=O) groups excluding carboxylic acids is 2. The number of rotatable bonds is 3. The molecule has 1 fully saturated rings. The van der Waals surface area contributed by atoms with Crippen LogP contribution >= 0.6 is 11.6 Å². The van der Waals surface area contributed by atoms with Gasteiger partial charge in [0.1, 0.15) is 5.75 Å². The minimum Gasteiger partial charge on any atom is -0.482 e. The predicted octanol–water partition coefficient (Wildman–Crippen LogP) is 2.65. The number of halogens is 1. The third-order valence-corrected chi connectivity index (χ3v) is 3.49. The summed E-state index contributed by atoms with van der Waals surface area (Å²) >= 11 is 6.08. The number of hydrogen-bond donors (Lipinski definition) is 1. The highest BCUT2D eigenvalue weighted by molar-refractivity contribution is 6.34. The molecule has 1 aromatic carbocycles. The van der Waals surface area contributed by atoms with Crippen LogP contribution in [0.1, 0.15) is 29.6 Å². The summed E-state index contributed by atoms with van der Waals surface area (Å²) in [6.45, 7) is -0.0229. The number of anilines is 1. The van der Waals surface area contributed by atoms with Crippen molar-refractivity contribution in [2.45, 2.75) is 19.3 Å². The zero-order valence-electron chi connectivity index (χ0n) is 9.66. The van der Waals surface area contributed by atoms with E-state index in [0.29, 0.717) is 34.4 Å². The molecule has 2 aliphatic rings. The van der Waals surface area contributed by atoms with Crippen molar-refractivity contribution in [3.05, 3.63) is 22.7 Å². The fraction of sp³-hybridized carbons (Fsp3) is 0.385. The second-order valence-electron chi connectivity index (χ2n) is 4.74. The van der Waals surface area contributed by atoms with E-state index >= 15 is 0 Å². The van der Waals surface area contributed by atoms with Crippen LogP contribution in [-0.4, -0.2) is 18.3 Å². The number of carbonyl (C=O) groups is 2. The van der Waals surface area contributed by atoms with E-state index in [4.69, 9.17) is 16.3 Å². The maximum Gasteiger partial charge on any atom is 0.262 e. The number of ketones is 1. The Morgan fingerprint density at radius 1 is 1.44 bits per heavy atom. The summed E-state index contributed by atoms with van der Waals surface area (Å²) in [5.41, 5.74) is 1.01. The van der Waals surface area contributed by atoms with Crippen molar-refractivity contribution in [1.29, 1.82) is 0 Å². The molecule has 4 nitrogen and oxygen atoms in total. The molecule has 0 aromatic heterocycles. The van der Waals surface area contributed by atoms with Crippen molar-refractivity contribution >= 4 is 29.0 Å². The van der Waals surface area contributed by atoms with Gasteiger partial charge in [-0.05, 0) is 30.9 Å².